The number of sulfone groups is 1. The highest BCUT2D eigenvalue weighted by Gasteiger charge is 2.18. The van der Waals surface area contributed by atoms with Crippen LogP contribution in [0.2, 0.25) is 0 Å². The highest BCUT2D eigenvalue weighted by atomic mass is 32.2. The molecule has 1 fully saturated rings. The average molecular weight is 480 g/mol. The van der Waals surface area contributed by atoms with Gasteiger partial charge in [-0.3, -0.25) is 0 Å². The second-order valence-electron chi connectivity index (χ2n) is 8.24. The molecule has 3 aromatic rings. The summed E-state index contributed by atoms with van der Waals surface area (Å²) in [6.45, 7) is 2.72. The van der Waals surface area contributed by atoms with Crippen molar-refractivity contribution in [2.75, 3.05) is 55.4 Å². The van der Waals surface area contributed by atoms with E-state index in [-0.39, 0.29) is 11.5 Å². The van der Waals surface area contributed by atoms with Gasteiger partial charge in [0, 0.05) is 36.8 Å². The minimum atomic E-state index is -2.89. The molecule has 178 valence electrons. The van der Waals surface area contributed by atoms with Crippen LogP contribution in [0.1, 0.15) is 18.4 Å². The first-order valence-corrected chi connectivity index (χ1v) is 13.2. The molecule has 0 atom stereocenters. The van der Waals surface area contributed by atoms with Crippen molar-refractivity contribution < 1.29 is 13.2 Å². The van der Waals surface area contributed by atoms with E-state index < -0.39 is 9.84 Å². The number of nitrogens with one attached hydrogen (secondary N) is 2. The summed E-state index contributed by atoms with van der Waals surface area (Å²) in [6.07, 6.45) is 8.54. The Hall–Kier alpha value is -3.35. The number of anilines is 3. The monoisotopic (exact) mass is 479 g/mol. The molecule has 0 spiro atoms. The molecule has 0 radical (unpaired) electrons. The quantitative estimate of drug-likeness (QED) is 0.375. The summed E-state index contributed by atoms with van der Waals surface area (Å²) >= 11 is 0. The van der Waals surface area contributed by atoms with Gasteiger partial charge < -0.3 is 20.3 Å². The van der Waals surface area contributed by atoms with Crippen LogP contribution < -0.4 is 15.4 Å². The van der Waals surface area contributed by atoms with Gasteiger partial charge in [0.15, 0.2) is 9.84 Å². The number of terminal acetylenes is 1. The second-order valence-corrected chi connectivity index (χ2v) is 10.5. The fraction of sp³-hybridized carbons (Fsp3) is 0.360. The Morgan fingerprint density at radius 1 is 1.18 bits per heavy atom. The zero-order valence-corrected chi connectivity index (χ0v) is 20.1. The number of rotatable bonds is 8. The smallest absolute Gasteiger partial charge is 0.151 e. The molecule has 4 rings (SSSR count). The van der Waals surface area contributed by atoms with Crippen molar-refractivity contribution in [3.63, 3.8) is 0 Å². The Kier molecular flexibility index (Phi) is 7.50. The van der Waals surface area contributed by atoms with Crippen molar-refractivity contribution in [2.24, 2.45) is 0 Å². The third kappa shape index (κ3) is 5.95. The molecule has 0 aliphatic carbocycles. The summed E-state index contributed by atoms with van der Waals surface area (Å²) in [6, 6.07) is 11.5. The Balaban J connectivity index is 1.46. The molecule has 2 N–H and O–H groups in total. The molecule has 0 amide bonds. The number of nitrogens with zero attached hydrogens (tertiary/aromatic N) is 3. The van der Waals surface area contributed by atoms with Crippen LogP contribution >= 0.6 is 0 Å². The number of benzene rings is 2. The lowest BCUT2D eigenvalue weighted by molar-refractivity contribution is 0.246. The van der Waals surface area contributed by atoms with Crippen LogP contribution in [0, 0.1) is 12.3 Å². The van der Waals surface area contributed by atoms with Crippen molar-refractivity contribution in [2.45, 2.75) is 12.8 Å². The van der Waals surface area contributed by atoms with Gasteiger partial charge in [-0.1, -0.05) is 12.0 Å². The topological polar surface area (TPSA) is 96.5 Å². The number of aromatic nitrogens is 2. The number of ether oxygens (including phenoxy) is 1. The summed E-state index contributed by atoms with van der Waals surface area (Å²) in [5.74, 6) is 4.54. The maximum absolute atomic E-state index is 11.8. The van der Waals surface area contributed by atoms with E-state index in [0.29, 0.717) is 31.1 Å². The van der Waals surface area contributed by atoms with E-state index in [2.05, 4.69) is 31.4 Å². The van der Waals surface area contributed by atoms with E-state index in [1.807, 2.05) is 43.4 Å². The van der Waals surface area contributed by atoms with Gasteiger partial charge in [-0.15, -0.1) is 6.42 Å². The SMILES string of the molecule is C#Cc1cccc(Nc2ncnc3cc(NC)c(OCCCN4CCCS(=O)(=O)CC4)cc23)c1. The summed E-state index contributed by atoms with van der Waals surface area (Å²) in [5.41, 5.74) is 3.25. The maximum atomic E-state index is 11.8. The predicted molar refractivity (Wildman–Crippen MR) is 137 cm³/mol. The summed E-state index contributed by atoms with van der Waals surface area (Å²) in [4.78, 5) is 11.0. The molecular weight excluding hydrogens is 450 g/mol. The summed E-state index contributed by atoms with van der Waals surface area (Å²) < 4.78 is 29.7. The molecule has 34 heavy (non-hydrogen) atoms. The molecule has 2 aromatic carbocycles. The first-order chi connectivity index (χ1) is 16.5. The number of hydrogen-bond acceptors (Lipinski definition) is 8. The Labute approximate surface area is 200 Å². The van der Waals surface area contributed by atoms with Crippen molar-refractivity contribution >= 4 is 37.9 Å². The van der Waals surface area contributed by atoms with Crippen LogP contribution in [0.3, 0.4) is 0 Å². The van der Waals surface area contributed by atoms with E-state index in [0.717, 1.165) is 47.4 Å². The second kappa shape index (κ2) is 10.7. The first kappa shape index (κ1) is 23.8. The molecule has 8 nitrogen and oxygen atoms in total. The van der Waals surface area contributed by atoms with Crippen LogP contribution in [-0.4, -0.2) is 68.1 Å². The minimum Gasteiger partial charge on any atom is -0.491 e. The molecule has 0 bridgehead atoms. The Morgan fingerprint density at radius 3 is 2.88 bits per heavy atom. The lowest BCUT2D eigenvalue weighted by atomic mass is 10.1. The molecule has 1 aromatic heterocycles. The Bertz CT molecular complexity index is 1300. The fourth-order valence-electron chi connectivity index (χ4n) is 4.01. The summed E-state index contributed by atoms with van der Waals surface area (Å²) in [5, 5.41) is 7.34. The third-order valence-electron chi connectivity index (χ3n) is 5.82. The van der Waals surface area contributed by atoms with Gasteiger partial charge in [0.1, 0.15) is 17.9 Å². The van der Waals surface area contributed by atoms with Gasteiger partial charge in [0.25, 0.3) is 0 Å². The van der Waals surface area contributed by atoms with Gasteiger partial charge in [-0.25, -0.2) is 18.4 Å². The van der Waals surface area contributed by atoms with Crippen molar-refractivity contribution in [1.82, 2.24) is 14.9 Å². The van der Waals surface area contributed by atoms with E-state index in [4.69, 9.17) is 11.2 Å². The maximum Gasteiger partial charge on any atom is 0.151 e. The van der Waals surface area contributed by atoms with E-state index in [1.165, 1.54) is 6.33 Å². The highest BCUT2D eigenvalue weighted by Crippen LogP contribution is 2.33. The lowest BCUT2D eigenvalue weighted by Gasteiger charge is -2.19. The fourth-order valence-corrected chi connectivity index (χ4v) is 5.31. The molecule has 0 unspecified atom stereocenters. The zero-order valence-electron chi connectivity index (χ0n) is 19.3. The standard InChI is InChI=1S/C25H29N5O3S/c1-3-19-7-4-8-20(15-19)29-25-21-16-24(23(26-2)17-22(21)27-18-28-25)33-12-5-9-30-10-6-13-34(31,32)14-11-30/h1,4,7-8,15-18,26H,5-6,9-14H2,2H3,(H,27,28,29). The van der Waals surface area contributed by atoms with Gasteiger partial charge in [-0.2, -0.15) is 0 Å². The molecular formula is C25H29N5O3S. The van der Waals surface area contributed by atoms with Gasteiger partial charge in [-0.05, 0) is 49.7 Å². The molecule has 1 aliphatic heterocycles. The zero-order chi connectivity index (χ0) is 24.0. The number of hydrogen-bond donors (Lipinski definition) is 2. The van der Waals surface area contributed by atoms with Crippen molar-refractivity contribution in [3.8, 4) is 18.1 Å². The van der Waals surface area contributed by atoms with Crippen LogP contribution in [0.25, 0.3) is 10.9 Å². The van der Waals surface area contributed by atoms with Crippen LogP contribution in [0.15, 0.2) is 42.7 Å². The van der Waals surface area contributed by atoms with E-state index in [1.54, 1.807) is 0 Å². The molecule has 9 heteroatoms. The molecule has 2 heterocycles. The van der Waals surface area contributed by atoms with Crippen LogP contribution in [0.4, 0.5) is 17.2 Å². The first-order valence-electron chi connectivity index (χ1n) is 11.3. The molecule has 0 saturated carbocycles. The minimum absolute atomic E-state index is 0.239. The van der Waals surface area contributed by atoms with Crippen LogP contribution in [-0.2, 0) is 9.84 Å². The normalized spacial score (nSPS) is 15.9. The summed E-state index contributed by atoms with van der Waals surface area (Å²) in [7, 11) is -1.05. The van der Waals surface area contributed by atoms with Crippen molar-refractivity contribution in [1.29, 1.82) is 0 Å². The molecule has 1 saturated heterocycles. The van der Waals surface area contributed by atoms with Gasteiger partial charge in [0.05, 0.1) is 29.3 Å². The third-order valence-corrected chi connectivity index (χ3v) is 7.54. The van der Waals surface area contributed by atoms with Gasteiger partial charge in [0.2, 0.25) is 0 Å². The lowest BCUT2D eigenvalue weighted by Crippen LogP contribution is -2.29. The van der Waals surface area contributed by atoms with Gasteiger partial charge >= 0.3 is 0 Å². The highest BCUT2D eigenvalue weighted by molar-refractivity contribution is 7.91. The Morgan fingerprint density at radius 2 is 2.06 bits per heavy atom. The van der Waals surface area contributed by atoms with Crippen molar-refractivity contribution in [3.05, 3.63) is 48.3 Å². The predicted octanol–water partition coefficient (Wildman–Crippen LogP) is 3.29. The average Bonchev–Trinajstić information content (AvgIpc) is 3.01. The van der Waals surface area contributed by atoms with E-state index in [9.17, 15) is 8.42 Å². The van der Waals surface area contributed by atoms with E-state index >= 15 is 0 Å². The number of fused-ring (bicyclic) bond motifs is 1. The molecule has 1 aliphatic rings. The largest absolute Gasteiger partial charge is 0.491 e. The van der Waals surface area contributed by atoms with Crippen LogP contribution in [0.5, 0.6) is 5.75 Å².